The van der Waals surface area contributed by atoms with Gasteiger partial charge in [-0.25, -0.2) is 10.8 Å². The van der Waals surface area contributed by atoms with E-state index >= 15 is 0 Å². The molecule has 19 heavy (non-hydrogen) atoms. The van der Waals surface area contributed by atoms with Crippen molar-refractivity contribution in [3.05, 3.63) is 15.8 Å². The molecule has 0 unspecified atom stereocenters. The van der Waals surface area contributed by atoms with Crippen molar-refractivity contribution < 1.29 is 4.92 Å². The highest BCUT2D eigenvalue weighted by Gasteiger charge is 2.21. The quantitative estimate of drug-likeness (QED) is 0.280. The lowest BCUT2D eigenvalue weighted by Gasteiger charge is -2.11. The van der Waals surface area contributed by atoms with Crippen molar-refractivity contribution in [2.24, 2.45) is 5.84 Å². The fraction of sp³-hybridized carbons (Fsp3) is 0.600. The zero-order chi connectivity index (χ0) is 14.4. The lowest BCUT2D eigenvalue weighted by Crippen LogP contribution is -2.18. The van der Waals surface area contributed by atoms with E-state index in [1.165, 1.54) is 0 Å². The number of aryl methyl sites for hydroxylation is 1. The topological polar surface area (TPSA) is 122 Å². The van der Waals surface area contributed by atoms with Crippen LogP contribution in [0.3, 0.4) is 0 Å². The summed E-state index contributed by atoms with van der Waals surface area (Å²) in [5.41, 5.74) is 2.44. The van der Waals surface area contributed by atoms with Crippen LogP contribution < -0.4 is 16.6 Å². The van der Waals surface area contributed by atoms with Crippen LogP contribution in [0.4, 0.5) is 17.5 Å². The largest absolute Gasteiger partial charge is 0.364 e. The van der Waals surface area contributed by atoms with Gasteiger partial charge in [0.25, 0.3) is 0 Å². The van der Waals surface area contributed by atoms with Crippen molar-refractivity contribution in [2.45, 2.75) is 13.3 Å². The van der Waals surface area contributed by atoms with Crippen LogP contribution in [0.5, 0.6) is 0 Å². The Kier molecular flexibility index (Phi) is 5.39. The van der Waals surface area contributed by atoms with Crippen LogP contribution in [0, 0.1) is 17.0 Å². The monoisotopic (exact) mass is 269 g/mol. The van der Waals surface area contributed by atoms with Gasteiger partial charge in [0.05, 0.1) is 4.92 Å². The molecule has 0 aliphatic heterocycles. The van der Waals surface area contributed by atoms with Gasteiger partial charge < -0.3 is 10.2 Å². The van der Waals surface area contributed by atoms with E-state index in [-0.39, 0.29) is 23.1 Å². The van der Waals surface area contributed by atoms with Gasteiger partial charge in [-0.05, 0) is 34.0 Å². The van der Waals surface area contributed by atoms with Crippen molar-refractivity contribution in [3.63, 3.8) is 0 Å². The summed E-state index contributed by atoms with van der Waals surface area (Å²) >= 11 is 0. The van der Waals surface area contributed by atoms with Crippen molar-refractivity contribution in [2.75, 3.05) is 37.9 Å². The van der Waals surface area contributed by atoms with E-state index in [0.717, 1.165) is 13.0 Å². The predicted molar refractivity (Wildman–Crippen MR) is 72.9 cm³/mol. The molecule has 0 fully saturated rings. The number of nitrogens with two attached hydrogens (primary N) is 1. The van der Waals surface area contributed by atoms with Gasteiger partial charge in [0.2, 0.25) is 11.8 Å². The van der Waals surface area contributed by atoms with Gasteiger partial charge in [0.15, 0.2) is 0 Å². The Morgan fingerprint density at radius 2 is 2.11 bits per heavy atom. The number of hydrogen-bond acceptors (Lipinski definition) is 8. The number of nitrogens with one attached hydrogen (secondary N) is 2. The first kappa shape index (κ1) is 15.1. The summed E-state index contributed by atoms with van der Waals surface area (Å²) < 4.78 is 0. The molecule has 0 bridgehead atoms. The van der Waals surface area contributed by atoms with Gasteiger partial charge in [-0.2, -0.15) is 4.98 Å². The van der Waals surface area contributed by atoms with Crippen LogP contribution >= 0.6 is 0 Å². The van der Waals surface area contributed by atoms with E-state index in [2.05, 4.69) is 20.7 Å². The first-order chi connectivity index (χ1) is 8.95. The predicted octanol–water partition coefficient (Wildman–Crippen LogP) is 0.342. The Morgan fingerprint density at radius 3 is 2.63 bits per heavy atom. The van der Waals surface area contributed by atoms with Gasteiger partial charge in [-0.1, -0.05) is 0 Å². The summed E-state index contributed by atoms with van der Waals surface area (Å²) in [6, 6.07) is 0. The molecule has 106 valence electrons. The van der Waals surface area contributed by atoms with E-state index in [9.17, 15) is 10.1 Å². The van der Waals surface area contributed by atoms with Crippen LogP contribution in [0.15, 0.2) is 0 Å². The Hall–Kier alpha value is -2.00. The maximum absolute atomic E-state index is 11.0. The second-order valence-corrected chi connectivity index (χ2v) is 4.31. The molecule has 0 saturated heterocycles. The minimum Gasteiger partial charge on any atom is -0.364 e. The molecule has 9 nitrogen and oxygen atoms in total. The lowest BCUT2D eigenvalue weighted by atomic mass is 10.3. The highest BCUT2D eigenvalue weighted by molar-refractivity contribution is 5.60. The molecule has 0 amide bonds. The Morgan fingerprint density at radius 1 is 1.42 bits per heavy atom. The van der Waals surface area contributed by atoms with Crippen molar-refractivity contribution in [1.82, 2.24) is 14.9 Å². The highest BCUT2D eigenvalue weighted by atomic mass is 16.6. The molecule has 9 heteroatoms. The van der Waals surface area contributed by atoms with Crippen molar-refractivity contribution in [3.8, 4) is 0 Å². The molecule has 0 aromatic carbocycles. The smallest absolute Gasteiger partial charge is 0.332 e. The van der Waals surface area contributed by atoms with Gasteiger partial charge in [0, 0.05) is 6.54 Å². The van der Waals surface area contributed by atoms with E-state index in [4.69, 9.17) is 5.84 Å². The molecule has 0 atom stereocenters. The third kappa shape index (κ3) is 4.30. The zero-order valence-corrected chi connectivity index (χ0v) is 11.3. The average Bonchev–Trinajstić information content (AvgIpc) is 2.33. The minimum absolute atomic E-state index is 0.121. The molecule has 0 aliphatic rings. The third-order valence-electron chi connectivity index (χ3n) is 2.44. The number of nitro groups is 1. The van der Waals surface area contributed by atoms with Crippen molar-refractivity contribution in [1.29, 1.82) is 0 Å². The maximum atomic E-state index is 11.0. The highest BCUT2D eigenvalue weighted by Crippen LogP contribution is 2.26. The minimum atomic E-state index is -0.496. The summed E-state index contributed by atoms with van der Waals surface area (Å²) in [5.74, 6) is 5.56. The van der Waals surface area contributed by atoms with Crippen LogP contribution in [0.25, 0.3) is 0 Å². The summed E-state index contributed by atoms with van der Waals surface area (Å²) in [4.78, 5) is 20.4. The molecule has 1 aromatic rings. The molecule has 0 spiro atoms. The molecule has 1 heterocycles. The second-order valence-electron chi connectivity index (χ2n) is 4.31. The molecule has 0 radical (unpaired) electrons. The normalized spacial score (nSPS) is 10.6. The lowest BCUT2D eigenvalue weighted by molar-refractivity contribution is -0.385. The molecular formula is C10H19N7O2. The number of rotatable bonds is 7. The van der Waals surface area contributed by atoms with Crippen LogP contribution in [-0.2, 0) is 0 Å². The molecule has 0 aliphatic carbocycles. The maximum Gasteiger partial charge on any atom is 0.332 e. The number of anilines is 2. The third-order valence-corrected chi connectivity index (χ3v) is 2.44. The molecular weight excluding hydrogens is 250 g/mol. The van der Waals surface area contributed by atoms with E-state index < -0.39 is 4.92 Å². The van der Waals surface area contributed by atoms with Gasteiger partial charge >= 0.3 is 5.69 Å². The van der Waals surface area contributed by atoms with Crippen LogP contribution in [0.1, 0.15) is 12.1 Å². The van der Waals surface area contributed by atoms with Gasteiger partial charge in [0.1, 0.15) is 5.69 Å². The Bertz CT molecular complexity index is 450. The zero-order valence-electron chi connectivity index (χ0n) is 11.3. The fourth-order valence-corrected chi connectivity index (χ4v) is 1.58. The van der Waals surface area contributed by atoms with Gasteiger partial charge in [-0.3, -0.25) is 15.5 Å². The van der Waals surface area contributed by atoms with E-state index in [1.807, 2.05) is 19.0 Å². The van der Waals surface area contributed by atoms with E-state index in [1.54, 1.807) is 6.92 Å². The SMILES string of the molecule is Cc1nc(NN)nc(NCCCN(C)C)c1[N+](=O)[O-]. The number of aromatic nitrogens is 2. The number of hydrogen-bond donors (Lipinski definition) is 3. The summed E-state index contributed by atoms with van der Waals surface area (Å²) in [7, 11) is 3.93. The van der Waals surface area contributed by atoms with Crippen LogP contribution in [0.2, 0.25) is 0 Å². The first-order valence-corrected chi connectivity index (χ1v) is 5.84. The molecule has 1 rings (SSSR count). The summed E-state index contributed by atoms with van der Waals surface area (Å²) in [6.07, 6.45) is 0.846. The fourth-order valence-electron chi connectivity index (χ4n) is 1.58. The van der Waals surface area contributed by atoms with Crippen molar-refractivity contribution >= 4 is 17.5 Å². The number of nitrogens with zero attached hydrogens (tertiary/aromatic N) is 4. The first-order valence-electron chi connectivity index (χ1n) is 5.84. The Balaban J connectivity index is 2.84. The molecule has 1 aromatic heterocycles. The summed E-state index contributed by atoms with van der Waals surface area (Å²) in [5, 5.41) is 14.0. The number of hydrazine groups is 1. The Labute approximate surface area is 111 Å². The van der Waals surface area contributed by atoms with E-state index in [0.29, 0.717) is 6.54 Å². The molecule has 4 N–H and O–H groups in total. The van der Waals surface area contributed by atoms with Gasteiger partial charge in [-0.15, -0.1) is 0 Å². The standard InChI is InChI=1S/C10H19N7O2/c1-7-8(17(18)19)9(14-10(13-7)15-11)12-5-4-6-16(2)3/h4-6,11H2,1-3H3,(H2,12,13,14,15). The van der Waals surface area contributed by atoms with Crippen LogP contribution in [-0.4, -0.2) is 47.0 Å². The molecule has 0 saturated carbocycles. The average molecular weight is 269 g/mol. The second kappa shape index (κ2) is 6.81. The summed E-state index contributed by atoms with van der Waals surface area (Å²) in [6.45, 7) is 3.01. The number of nitrogen functional groups attached to an aromatic ring is 1.